The van der Waals surface area contributed by atoms with Gasteiger partial charge in [-0.1, -0.05) is 19.9 Å². The zero-order valence-corrected chi connectivity index (χ0v) is 16.9. The lowest BCUT2D eigenvalue weighted by molar-refractivity contribution is 0.0943. The smallest absolute Gasteiger partial charge is 0.271 e. The first-order valence-electron chi connectivity index (χ1n) is 10.0. The summed E-state index contributed by atoms with van der Waals surface area (Å²) in [6.07, 6.45) is 3.25. The molecule has 154 valence electrons. The molecule has 2 aliphatic rings. The van der Waals surface area contributed by atoms with E-state index in [1.54, 1.807) is 12.4 Å². The van der Waals surface area contributed by atoms with E-state index in [1.807, 2.05) is 6.07 Å². The van der Waals surface area contributed by atoms with Crippen molar-refractivity contribution < 1.29 is 14.3 Å². The molecule has 0 spiro atoms. The van der Waals surface area contributed by atoms with Gasteiger partial charge in [0.05, 0.1) is 12.4 Å². The second-order valence-electron chi connectivity index (χ2n) is 7.81. The van der Waals surface area contributed by atoms with Crippen LogP contribution in [0.2, 0.25) is 0 Å². The second kappa shape index (κ2) is 8.65. The van der Waals surface area contributed by atoms with Gasteiger partial charge >= 0.3 is 0 Å². The number of amides is 1. The Morgan fingerprint density at radius 1 is 1.10 bits per heavy atom. The van der Waals surface area contributed by atoms with E-state index in [4.69, 9.17) is 9.47 Å². The number of ether oxygens (including phenoxy) is 2. The molecule has 0 saturated carbocycles. The molecule has 0 atom stereocenters. The molecular weight excluding hydrogens is 370 g/mol. The number of hydrogen-bond donors (Lipinski definition) is 1. The molecule has 8 heteroatoms. The van der Waals surface area contributed by atoms with Crippen LogP contribution in [-0.2, 0) is 6.54 Å². The monoisotopic (exact) mass is 397 g/mol. The molecular formula is C21H27N5O3. The predicted molar refractivity (Wildman–Crippen MR) is 109 cm³/mol. The van der Waals surface area contributed by atoms with Crippen molar-refractivity contribution in [2.24, 2.45) is 5.92 Å². The summed E-state index contributed by atoms with van der Waals surface area (Å²) in [5.41, 5.74) is 1.58. The number of carbonyl (C=O) groups is 1. The highest BCUT2D eigenvalue weighted by Gasteiger charge is 2.20. The summed E-state index contributed by atoms with van der Waals surface area (Å²) in [6.45, 7) is 9.55. The van der Waals surface area contributed by atoms with Crippen LogP contribution < -0.4 is 19.7 Å². The maximum atomic E-state index is 12.1. The van der Waals surface area contributed by atoms with Gasteiger partial charge in [0.2, 0.25) is 6.79 Å². The van der Waals surface area contributed by atoms with E-state index >= 15 is 0 Å². The number of anilines is 1. The molecule has 8 nitrogen and oxygen atoms in total. The third-order valence-electron chi connectivity index (χ3n) is 5.08. The molecule has 4 rings (SSSR count). The maximum Gasteiger partial charge on any atom is 0.271 e. The van der Waals surface area contributed by atoms with Crippen LogP contribution in [0.3, 0.4) is 0 Å². The maximum absolute atomic E-state index is 12.1. The van der Waals surface area contributed by atoms with Gasteiger partial charge in [-0.25, -0.2) is 9.97 Å². The van der Waals surface area contributed by atoms with Crippen molar-refractivity contribution >= 4 is 11.7 Å². The van der Waals surface area contributed by atoms with Gasteiger partial charge in [0.1, 0.15) is 11.5 Å². The largest absolute Gasteiger partial charge is 0.454 e. The third-order valence-corrected chi connectivity index (χ3v) is 5.08. The number of rotatable bonds is 6. The van der Waals surface area contributed by atoms with Crippen LogP contribution in [0, 0.1) is 5.92 Å². The van der Waals surface area contributed by atoms with Gasteiger partial charge in [-0.05, 0) is 23.6 Å². The molecule has 2 aliphatic heterocycles. The topological polar surface area (TPSA) is 79.8 Å². The zero-order valence-electron chi connectivity index (χ0n) is 16.9. The van der Waals surface area contributed by atoms with Gasteiger partial charge in [-0.2, -0.15) is 0 Å². The Kier molecular flexibility index (Phi) is 5.80. The van der Waals surface area contributed by atoms with Gasteiger partial charge in [0.25, 0.3) is 5.91 Å². The number of benzene rings is 1. The average molecular weight is 397 g/mol. The second-order valence-corrected chi connectivity index (χ2v) is 7.81. The molecule has 1 amide bonds. The molecule has 0 radical (unpaired) electrons. The van der Waals surface area contributed by atoms with Crippen LogP contribution in [-0.4, -0.2) is 60.3 Å². The number of carbonyl (C=O) groups excluding carboxylic acids is 1. The van der Waals surface area contributed by atoms with E-state index < -0.39 is 0 Å². The Bertz CT molecular complexity index is 848. The van der Waals surface area contributed by atoms with E-state index in [0.717, 1.165) is 50.0 Å². The van der Waals surface area contributed by atoms with Gasteiger partial charge < -0.3 is 19.7 Å². The number of nitrogens with zero attached hydrogens (tertiary/aromatic N) is 4. The fourth-order valence-corrected chi connectivity index (χ4v) is 3.42. The van der Waals surface area contributed by atoms with E-state index in [1.165, 1.54) is 5.56 Å². The standard InChI is InChI=1S/C21H27N5O3/c1-15(2)10-24-21(27)17-11-23-20(12-22-17)26-7-5-25(6-8-26)13-16-3-4-18-19(9-16)29-14-28-18/h3-4,9,11-12,15H,5-8,10,13-14H2,1-2H3,(H,24,27). The Hall–Kier alpha value is -2.87. The molecule has 1 saturated heterocycles. The average Bonchev–Trinajstić information content (AvgIpc) is 3.20. The summed E-state index contributed by atoms with van der Waals surface area (Å²) in [4.78, 5) is 25.4. The Balaban J connectivity index is 1.28. The summed E-state index contributed by atoms with van der Waals surface area (Å²) in [7, 11) is 0. The van der Waals surface area contributed by atoms with Crippen LogP contribution in [0.15, 0.2) is 30.6 Å². The molecule has 2 aromatic rings. The van der Waals surface area contributed by atoms with Crippen molar-refractivity contribution in [1.29, 1.82) is 0 Å². The first kappa shape index (κ1) is 19.4. The first-order chi connectivity index (χ1) is 14.1. The zero-order chi connectivity index (χ0) is 20.2. The van der Waals surface area contributed by atoms with Gasteiger partial charge in [0, 0.05) is 39.3 Å². The minimum atomic E-state index is -0.175. The molecule has 0 bridgehead atoms. The van der Waals surface area contributed by atoms with E-state index in [2.05, 4.69) is 51.1 Å². The van der Waals surface area contributed by atoms with Crippen molar-refractivity contribution in [1.82, 2.24) is 20.2 Å². The summed E-state index contributed by atoms with van der Waals surface area (Å²) in [5.74, 6) is 2.69. The minimum Gasteiger partial charge on any atom is -0.454 e. The molecule has 0 unspecified atom stereocenters. The number of piperazine rings is 1. The summed E-state index contributed by atoms with van der Waals surface area (Å²) in [6, 6.07) is 6.13. The molecule has 3 heterocycles. The third kappa shape index (κ3) is 4.76. The fourth-order valence-electron chi connectivity index (χ4n) is 3.42. The fraction of sp³-hybridized carbons (Fsp3) is 0.476. The van der Waals surface area contributed by atoms with Crippen LogP contribution >= 0.6 is 0 Å². The van der Waals surface area contributed by atoms with Crippen LogP contribution in [0.25, 0.3) is 0 Å². The minimum absolute atomic E-state index is 0.175. The predicted octanol–water partition coefficient (Wildman–Crippen LogP) is 1.91. The SMILES string of the molecule is CC(C)CNC(=O)c1cnc(N2CCN(Cc3ccc4c(c3)OCO4)CC2)cn1. The summed E-state index contributed by atoms with van der Waals surface area (Å²) < 4.78 is 10.8. The van der Waals surface area contributed by atoms with Crippen LogP contribution in [0.1, 0.15) is 29.9 Å². The lowest BCUT2D eigenvalue weighted by atomic mass is 10.1. The quantitative estimate of drug-likeness (QED) is 0.798. The summed E-state index contributed by atoms with van der Waals surface area (Å²) >= 11 is 0. The van der Waals surface area contributed by atoms with Crippen molar-refractivity contribution in [3.8, 4) is 11.5 Å². The van der Waals surface area contributed by atoms with Gasteiger partial charge in [-0.15, -0.1) is 0 Å². The first-order valence-corrected chi connectivity index (χ1v) is 10.0. The van der Waals surface area contributed by atoms with Crippen molar-refractivity contribution in [2.45, 2.75) is 20.4 Å². The van der Waals surface area contributed by atoms with E-state index in [0.29, 0.717) is 24.9 Å². The highest BCUT2D eigenvalue weighted by atomic mass is 16.7. The Labute approximate surface area is 170 Å². The molecule has 1 N–H and O–H groups in total. The molecule has 0 aliphatic carbocycles. The van der Waals surface area contributed by atoms with Crippen molar-refractivity contribution in [3.05, 3.63) is 41.9 Å². The summed E-state index contributed by atoms with van der Waals surface area (Å²) in [5, 5.41) is 2.86. The number of aromatic nitrogens is 2. The lowest BCUT2D eigenvalue weighted by Gasteiger charge is -2.35. The molecule has 1 aromatic heterocycles. The lowest BCUT2D eigenvalue weighted by Crippen LogP contribution is -2.46. The van der Waals surface area contributed by atoms with Crippen LogP contribution in [0.5, 0.6) is 11.5 Å². The highest BCUT2D eigenvalue weighted by Crippen LogP contribution is 2.32. The normalized spacial score (nSPS) is 16.3. The Morgan fingerprint density at radius 3 is 2.62 bits per heavy atom. The van der Waals surface area contributed by atoms with Crippen LogP contribution in [0.4, 0.5) is 5.82 Å². The van der Waals surface area contributed by atoms with Crippen molar-refractivity contribution in [3.63, 3.8) is 0 Å². The number of fused-ring (bicyclic) bond motifs is 1. The molecule has 29 heavy (non-hydrogen) atoms. The van der Waals surface area contributed by atoms with E-state index in [9.17, 15) is 4.79 Å². The molecule has 1 fully saturated rings. The number of nitrogens with one attached hydrogen (secondary N) is 1. The Morgan fingerprint density at radius 2 is 1.90 bits per heavy atom. The molecule has 1 aromatic carbocycles. The number of hydrogen-bond acceptors (Lipinski definition) is 7. The van der Waals surface area contributed by atoms with E-state index in [-0.39, 0.29) is 5.91 Å². The van der Waals surface area contributed by atoms with Gasteiger partial charge in [-0.3, -0.25) is 9.69 Å². The highest BCUT2D eigenvalue weighted by molar-refractivity contribution is 5.92. The van der Waals surface area contributed by atoms with Gasteiger partial charge in [0.15, 0.2) is 11.5 Å². The van der Waals surface area contributed by atoms with Crippen molar-refractivity contribution in [2.75, 3.05) is 44.4 Å².